The van der Waals surface area contributed by atoms with Gasteiger partial charge in [-0.15, -0.1) is 0 Å². The Morgan fingerprint density at radius 3 is 2.75 bits per heavy atom. The summed E-state index contributed by atoms with van der Waals surface area (Å²) in [6.45, 7) is 5.76. The minimum Gasteiger partial charge on any atom is -0.379 e. The van der Waals surface area contributed by atoms with E-state index in [1.807, 2.05) is 19.9 Å². The van der Waals surface area contributed by atoms with Crippen molar-refractivity contribution in [2.24, 2.45) is 0 Å². The van der Waals surface area contributed by atoms with Crippen LogP contribution in [0, 0.1) is 0 Å². The molecule has 1 aliphatic carbocycles. The SMILES string of the molecule is CC(C)=CCO[C@@H]1CCOC[C@@H]1NC(=O)c1cnc(C2CC2)nc1. The van der Waals surface area contributed by atoms with Gasteiger partial charge in [-0.05, 0) is 33.1 Å². The summed E-state index contributed by atoms with van der Waals surface area (Å²) in [5.74, 6) is 1.15. The molecule has 24 heavy (non-hydrogen) atoms. The predicted molar refractivity (Wildman–Crippen MR) is 89.9 cm³/mol. The molecule has 6 nitrogen and oxygen atoms in total. The molecule has 1 aromatic rings. The molecule has 2 fully saturated rings. The van der Waals surface area contributed by atoms with Crippen molar-refractivity contribution >= 4 is 5.91 Å². The smallest absolute Gasteiger partial charge is 0.254 e. The van der Waals surface area contributed by atoms with E-state index in [1.165, 1.54) is 5.57 Å². The number of allylic oxidation sites excluding steroid dienone is 1. The Morgan fingerprint density at radius 2 is 2.08 bits per heavy atom. The second kappa shape index (κ2) is 7.85. The fourth-order valence-corrected chi connectivity index (χ4v) is 2.65. The zero-order valence-corrected chi connectivity index (χ0v) is 14.3. The highest BCUT2D eigenvalue weighted by atomic mass is 16.5. The van der Waals surface area contributed by atoms with Crippen molar-refractivity contribution in [1.82, 2.24) is 15.3 Å². The first kappa shape index (κ1) is 17.0. The number of carbonyl (C=O) groups is 1. The van der Waals surface area contributed by atoms with Crippen molar-refractivity contribution < 1.29 is 14.3 Å². The van der Waals surface area contributed by atoms with Crippen molar-refractivity contribution in [2.75, 3.05) is 19.8 Å². The fourth-order valence-electron chi connectivity index (χ4n) is 2.65. The quantitative estimate of drug-likeness (QED) is 0.809. The lowest BCUT2D eigenvalue weighted by Crippen LogP contribution is -2.50. The minimum atomic E-state index is -0.177. The molecule has 1 aliphatic heterocycles. The number of amides is 1. The van der Waals surface area contributed by atoms with Gasteiger partial charge in [0.2, 0.25) is 0 Å². The van der Waals surface area contributed by atoms with Gasteiger partial charge < -0.3 is 14.8 Å². The molecule has 130 valence electrons. The topological polar surface area (TPSA) is 73.3 Å². The molecule has 2 aliphatic rings. The lowest BCUT2D eigenvalue weighted by Gasteiger charge is -2.31. The molecule has 0 unspecified atom stereocenters. The number of rotatable bonds is 6. The third-order valence-corrected chi connectivity index (χ3v) is 4.29. The van der Waals surface area contributed by atoms with Gasteiger partial charge in [0.25, 0.3) is 5.91 Å². The first-order valence-electron chi connectivity index (χ1n) is 8.59. The summed E-state index contributed by atoms with van der Waals surface area (Å²) in [4.78, 5) is 21.0. The Morgan fingerprint density at radius 1 is 1.33 bits per heavy atom. The van der Waals surface area contributed by atoms with Crippen molar-refractivity contribution in [3.63, 3.8) is 0 Å². The van der Waals surface area contributed by atoms with Crippen LogP contribution in [-0.2, 0) is 9.47 Å². The van der Waals surface area contributed by atoms with Gasteiger partial charge in [-0.25, -0.2) is 9.97 Å². The summed E-state index contributed by atoms with van der Waals surface area (Å²) in [5, 5.41) is 3.00. The predicted octanol–water partition coefficient (Wildman–Crippen LogP) is 2.22. The van der Waals surface area contributed by atoms with Gasteiger partial charge in [0.15, 0.2) is 0 Å². The van der Waals surface area contributed by atoms with Crippen LogP contribution < -0.4 is 5.32 Å². The molecule has 0 spiro atoms. The van der Waals surface area contributed by atoms with Crippen LogP contribution in [0.15, 0.2) is 24.0 Å². The Kier molecular flexibility index (Phi) is 5.58. The number of nitrogens with one attached hydrogen (secondary N) is 1. The van der Waals surface area contributed by atoms with Crippen molar-refractivity contribution in [3.8, 4) is 0 Å². The van der Waals surface area contributed by atoms with E-state index in [1.54, 1.807) is 12.4 Å². The van der Waals surface area contributed by atoms with Crippen LogP contribution in [0.25, 0.3) is 0 Å². The maximum atomic E-state index is 12.4. The first-order chi connectivity index (χ1) is 11.6. The van der Waals surface area contributed by atoms with Gasteiger partial charge in [0, 0.05) is 24.9 Å². The number of hydrogen-bond donors (Lipinski definition) is 1. The molecular formula is C18H25N3O3. The van der Waals surface area contributed by atoms with Gasteiger partial charge in [0.05, 0.1) is 30.9 Å². The molecule has 2 atom stereocenters. The Hall–Kier alpha value is -1.79. The molecule has 0 radical (unpaired) electrons. The van der Waals surface area contributed by atoms with Gasteiger partial charge in [0.1, 0.15) is 5.82 Å². The van der Waals surface area contributed by atoms with Crippen LogP contribution in [0.3, 0.4) is 0 Å². The van der Waals surface area contributed by atoms with Crippen LogP contribution in [0.4, 0.5) is 0 Å². The van der Waals surface area contributed by atoms with Gasteiger partial charge in [-0.2, -0.15) is 0 Å². The summed E-state index contributed by atoms with van der Waals surface area (Å²) in [5.41, 5.74) is 1.70. The lowest BCUT2D eigenvalue weighted by atomic mass is 10.1. The third kappa shape index (κ3) is 4.61. The number of hydrogen-bond acceptors (Lipinski definition) is 5. The molecule has 0 aromatic carbocycles. The zero-order valence-electron chi connectivity index (χ0n) is 14.3. The van der Waals surface area contributed by atoms with E-state index in [4.69, 9.17) is 9.47 Å². The average Bonchev–Trinajstić information content (AvgIpc) is 3.41. The maximum Gasteiger partial charge on any atom is 0.254 e. The van der Waals surface area contributed by atoms with Crippen molar-refractivity contribution in [3.05, 3.63) is 35.4 Å². The summed E-state index contributed by atoms with van der Waals surface area (Å²) >= 11 is 0. The van der Waals surface area contributed by atoms with Crippen LogP contribution >= 0.6 is 0 Å². The van der Waals surface area contributed by atoms with Crippen molar-refractivity contribution in [1.29, 1.82) is 0 Å². The van der Waals surface area contributed by atoms with E-state index >= 15 is 0 Å². The molecule has 2 heterocycles. The van der Waals surface area contributed by atoms with Gasteiger partial charge in [-0.3, -0.25) is 4.79 Å². The average molecular weight is 331 g/mol. The Bertz CT molecular complexity index is 592. The van der Waals surface area contributed by atoms with E-state index in [0.29, 0.717) is 31.3 Å². The lowest BCUT2D eigenvalue weighted by molar-refractivity contribution is -0.0457. The molecule has 1 saturated heterocycles. The molecule has 1 amide bonds. The highest BCUT2D eigenvalue weighted by Crippen LogP contribution is 2.37. The third-order valence-electron chi connectivity index (χ3n) is 4.29. The van der Waals surface area contributed by atoms with E-state index in [2.05, 4.69) is 15.3 Å². The van der Waals surface area contributed by atoms with Crippen LogP contribution in [0.2, 0.25) is 0 Å². The Balaban J connectivity index is 1.57. The summed E-state index contributed by atoms with van der Waals surface area (Å²) < 4.78 is 11.4. The van der Waals surface area contributed by atoms with E-state index in [9.17, 15) is 4.79 Å². The molecule has 0 bridgehead atoms. The molecule has 3 rings (SSSR count). The zero-order chi connectivity index (χ0) is 16.9. The summed E-state index contributed by atoms with van der Waals surface area (Å²) in [6, 6.07) is -0.153. The van der Waals surface area contributed by atoms with E-state index in [-0.39, 0.29) is 18.1 Å². The largest absolute Gasteiger partial charge is 0.379 e. The van der Waals surface area contributed by atoms with Crippen molar-refractivity contribution in [2.45, 2.75) is 51.2 Å². The number of ether oxygens (including phenoxy) is 2. The second-order valence-electron chi connectivity index (χ2n) is 6.70. The molecule has 1 saturated carbocycles. The summed E-state index contributed by atoms with van der Waals surface area (Å²) in [7, 11) is 0. The number of nitrogens with zero attached hydrogens (tertiary/aromatic N) is 2. The minimum absolute atomic E-state index is 0.0371. The second-order valence-corrected chi connectivity index (χ2v) is 6.70. The van der Waals surface area contributed by atoms with Crippen LogP contribution in [0.5, 0.6) is 0 Å². The summed E-state index contributed by atoms with van der Waals surface area (Å²) in [6.07, 6.45) is 8.30. The van der Waals surface area contributed by atoms with E-state index < -0.39 is 0 Å². The molecular weight excluding hydrogens is 306 g/mol. The first-order valence-corrected chi connectivity index (χ1v) is 8.59. The fraction of sp³-hybridized carbons (Fsp3) is 0.611. The number of aromatic nitrogens is 2. The van der Waals surface area contributed by atoms with E-state index in [0.717, 1.165) is 25.1 Å². The monoisotopic (exact) mass is 331 g/mol. The molecule has 1 aromatic heterocycles. The molecule has 1 N–H and O–H groups in total. The molecule has 6 heteroatoms. The Labute approximate surface area is 142 Å². The highest BCUT2D eigenvalue weighted by Gasteiger charge is 2.29. The van der Waals surface area contributed by atoms with Gasteiger partial charge >= 0.3 is 0 Å². The van der Waals surface area contributed by atoms with Crippen LogP contribution in [0.1, 0.15) is 55.2 Å². The van der Waals surface area contributed by atoms with Crippen LogP contribution in [-0.4, -0.2) is 47.8 Å². The standard InChI is InChI=1S/C18H25N3O3/c1-12(2)5-8-24-16-6-7-23-11-15(16)21-18(22)14-9-19-17(20-10-14)13-3-4-13/h5,9-10,13,15-16H,3-4,6-8,11H2,1-2H3,(H,21,22)/t15-,16+/m0/s1. The highest BCUT2D eigenvalue weighted by molar-refractivity contribution is 5.93. The normalized spacial score (nSPS) is 23.6. The maximum absolute atomic E-state index is 12.4. The number of carbonyl (C=O) groups excluding carboxylic acids is 1. The van der Waals surface area contributed by atoms with Gasteiger partial charge in [-0.1, -0.05) is 11.6 Å².